The second kappa shape index (κ2) is 10.4. The fourth-order valence-electron chi connectivity index (χ4n) is 5.70. The number of hydrogen-bond donors (Lipinski definition) is 1. The summed E-state index contributed by atoms with van der Waals surface area (Å²) in [6.07, 6.45) is 13.4. The number of aryl methyl sites for hydroxylation is 1. The van der Waals surface area contributed by atoms with Crippen LogP contribution in [-0.4, -0.2) is 45.6 Å². The monoisotopic (exact) mass is 500 g/mol. The Morgan fingerprint density at radius 3 is 2.62 bits per heavy atom. The summed E-state index contributed by atoms with van der Waals surface area (Å²) < 4.78 is 7.62. The molecule has 1 aromatic carbocycles. The maximum absolute atomic E-state index is 13.4. The number of piperidine rings is 1. The van der Waals surface area contributed by atoms with E-state index in [9.17, 15) is 9.59 Å². The van der Waals surface area contributed by atoms with Crippen LogP contribution in [0.5, 0.6) is 0 Å². The van der Waals surface area contributed by atoms with E-state index in [-0.39, 0.29) is 36.0 Å². The van der Waals surface area contributed by atoms with Gasteiger partial charge in [-0.05, 0) is 37.7 Å². The minimum absolute atomic E-state index is 0.0233. The van der Waals surface area contributed by atoms with Crippen molar-refractivity contribution in [2.24, 2.45) is 5.92 Å². The number of nitrogens with one attached hydrogen (secondary N) is 1. The van der Waals surface area contributed by atoms with Crippen LogP contribution in [0.15, 0.2) is 60.2 Å². The molecule has 2 aromatic rings. The zero-order chi connectivity index (χ0) is 26.0. The first-order valence-electron chi connectivity index (χ1n) is 13.2. The molecule has 2 atom stereocenters. The topological polar surface area (TPSA) is 76.5 Å². The highest BCUT2D eigenvalue weighted by Gasteiger charge is 2.35. The van der Waals surface area contributed by atoms with Crippen LogP contribution in [0.25, 0.3) is 6.20 Å². The molecule has 0 saturated carbocycles. The highest BCUT2D eigenvalue weighted by molar-refractivity contribution is 5.97. The first kappa shape index (κ1) is 25.1. The Bertz CT molecular complexity index is 1250. The molecule has 7 nitrogen and oxygen atoms in total. The van der Waals surface area contributed by atoms with Gasteiger partial charge in [-0.2, -0.15) is 0 Å². The summed E-state index contributed by atoms with van der Waals surface area (Å²) in [4.78, 5) is 32.5. The molecule has 1 fully saturated rings. The first-order chi connectivity index (χ1) is 17.8. The van der Waals surface area contributed by atoms with Crippen LogP contribution in [0.3, 0.4) is 0 Å². The van der Waals surface area contributed by atoms with E-state index < -0.39 is 0 Å². The molecule has 37 heavy (non-hydrogen) atoms. The molecule has 2 aliphatic heterocycles. The van der Waals surface area contributed by atoms with Crippen molar-refractivity contribution in [2.45, 2.75) is 64.5 Å². The maximum Gasteiger partial charge on any atom is 0.410 e. The molecule has 0 bridgehead atoms. The molecule has 3 aliphatic rings. The maximum atomic E-state index is 13.4. The molecule has 3 heterocycles. The predicted octanol–water partition coefficient (Wildman–Crippen LogP) is 4.92. The van der Waals surface area contributed by atoms with Crippen molar-refractivity contribution in [1.82, 2.24) is 19.8 Å². The lowest BCUT2D eigenvalue weighted by Crippen LogP contribution is -2.47. The Morgan fingerprint density at radius 2 is 1.92 bits per heavy atom. The van der Waals surface area contributed by atoms with Gasteiger partial charge in [0.25, 0.3) is 0 Å². The van der Waals surface area contributed by atoms with Crippen LogP contribution in [0.2, 0.25) is 0 Å². The molecular formula is C30H36N4O3. The molecule has 1 aliphatic carbocycles. The standard InChI is InChI=1S/C30H36N4O3/c1-21-18-26-31-22(2)27(30(3)14-8-5-9-15-30)34(26)19-25(21)28(35)32-24-12-16-33(17-13-24)29(36)37-20-23-10-6-4-7-11-23/h4-11,14,19,21,24H,12-13,15-18,20H2,1-3H3,(H,32,35). The van der Waals surface area contributed by atoms with Crippen molar-refractivity contribution in [3.05, 3.63) is 83.0 Å². The Hall–Kier alpha value is -3.61. The van der Waals surface area contributed by atoms with Gasteiger partial charge in [-0.1, -0.05) is 68.5 Å². The lowest BCUT2D eigenvalue weighted by molar-refractivity contribution is -0.118. The average molecular weight is 501 g/mol. The Kier molecular flexibility index (Phi) is 7.04. The van der Waals surface area contributed by atoms with E-state index in [0.717, 1.165) is 41.2 Å². The van der Waals surface area contributed by atoms with Gasteiger partial charge in [0, 0.05) is 42.7 Å². The average Bonchev–Trinajstić information content (AvgIpc) is 3.23. The number of imidazole rings is 1. The molecule has 1 aromatic heterocycles. The quantitative estimate of drug-likeness (QED) is 0.633. The molecule has 2 amide bonds. The minimum atomic E-state index is -0.298. The van der Waals surface area contributed by atoms with Gasteiger partial charge in [0.2, 0.25) is 5.91 Å². The van der Waals surface area contributed by atoms with Gasteiger partial charge in [0.1, 0.15) is 12.4 Å². The minimum Gasteiger partial charge on any atom is -0.445 e. The predicted molar refractivity (Wildman–Crippen MR) is 144 cm³/mol. The van der Waals surface area contributed by atoms with E-state index in [1.165, 1.54) is 0 Å². The number of aromatic nitrogens is 2. The molecule has 194 valence electrons. The summed E-state index contributed by atoms with van der Waals surface area (Å²) in [5.41, 5.74) is 3.79. The number of benzene rings is 1. The number of rotatable bonds is 5. The van der Waals surface area contributed by atoms with Gasteiger partial charge in [-0.25, -0.2) is 9.78 Å². The van der Waals surface area contributed by atoms with Gasteiger partial charge >= 0.3 is 6.09 Å². The van der Waals surface area contributed by atoms with Gasteiger partial charge in [-0.3, -0.25) is 4.79 Å². The molecule has 2 unspecified atom stereocenters. The highest BCUT2D eigenvalue weighted by atomic mass is 16.6. The fourth-order valence-corrected chi connectivity index (χ4v) is 5.70. The second-order valence-electron chi connectivity index (χ2n) is 10.7. The molecular weight excluding hydrogens is 464 g/mol. The van der Waals surface area contributed by atoms with Crippen molar-refractivity contribution in [3.63, 3.8) is 0 Å². The van der Waals surface area contributed by atoms with E-state index in [1.807, 2.05) is 36.5 Å². The summed E-state index contributed by atoms with van der Waals surface area (Å²) in [6, 6.07) is 9.72. The zero-order valence-corrected chi connectivity index (χ0v) is 21.9. The summed E-state index contributed by atoms with van der Waals surface area (Å²) in [7, 11) is 0. The lowest BCUT2D eigenvalue weighted by atomic mass is 9.79. The Balaban J connectivity index is 1.21. The van der Waals surface area contributed by atoms with Gasteiger partial charge in [0.05, 0.1) is 11.4 Å². The Morgan fingerprint density at radius 1 is 1.16 bits per heavy atom. The number of carbonyl (C=O) groups is 2. The van der Waals surface area contributed by atoms with E-state index in [1.54, 1.807) is 4.90 Å². The third-order valence-corrected chi connectivity index (χ3v) is 7.80. The fraction of sp³-hybridized carbons (Fsp3) is 0.433. The third-order valence-electron chi connectivity index (χ3n) is 7.80. The summed E-state index contributed by atoms with van der Waals surface area (Å²) in [5.74, 6) is 1.08. The van der Waals surface area contributed by atoms with Gasteiger partial charge in [-0.15, -0.1) is 0 Å². The first-order valence-corrected chi connectivity index (χ1v) is 13.2. The molecule has 5 rings (SSSR count). The lowest BCUT2D eigenvalue weighted by Gasteiger charge is -2.33. The van der Waals surface area contributed by atoms with Crippen molar-refractivity contribution in [3.8, 4) is 0 Å². The number of nitrogens with zero attached hydrogens (tertiary/aromatic N) is 3. The number of allylic oxidation sites excluding steroid dienone is 4. The summed E-state index contributed by atoms with van der Waals surface area (Å²) in [5, 5.41) is 3.24. The molecule has 0 radical (unpaired) electrons. The van der Waals surface area contributed by atoms with Gasteiger partial charge < -0.3 is 19.5 Å². The van der Waals surface area contributed by atoms with Gasteiger partial charge in [0.15, 0.2) is 0 Å². The van der Waals surface area contributed by atoms with E-state index in [2.05, 4.69) is 55.0 Å². The number of likely N-dealkylation sites (tertiary alicyclic amines) is 1. The molecule has 1 saturated heterocycles. The second-order valence-corrected chi connectivity index (χ2v) is 10.7. The normalized spacial score (nSPS) is 23.4. The number of carbonyl (C=O) groups excluding carboxylic acids is 2. The van der Waals surface area contributed by atoms with Crippen molar-refractivity contribution >= 4 is 18.2 Å². The summed E-state index contributed by atoms with van der Waals surface area (Å²) >= 11 is 0. The molecule has 0 spiro atoms. The largest absolute Gasteiger partial charge is 0.445 e. The number of amides is 2. The van der Waals surface area contributed by atoms with Crippen molar-refractivity contribution in [1.29, 1.82) is 0 Å². The van der Waals surface area contributed by atoms with E-state index in [0.29, 0.717) is 25.9 Å². The SMILES string of the molecule is Cc1nc2n(c1C1(C)C=CC=CC1)C=C(C(=O)NC1CCN(C(=O)OCc3ccccc3)CC1)C(C)C2. The zero-order valence-electron chi connectivity index (χ0n) is 21.9. The van der Waals surface area contributed by atoms with Crippen LogP contribution in [-0.2, 0) is 28.0 Å². The smallest absolute Gasteiger partial charge is 0.410 e. The molecule has 1 N–H and O–H groups in total. The molecule has 7 heteroatoms. The highest BCUT2D eigenvalue weighted by Crippen LogP contribution is 2.37. The van der Waals surface area contributed by atoms with Crippen LogP contribution in [0, 0.1) is 12.8 Å². The number of ether oxygens (including phenoxy) is 1. The van der Waals surface area contributed by atoms with Crippen LogP contribution < -0.4 is 5.32 Å². The van der Waals surface area contributed by atoms with Crippen LogP contribution in [0.4, 0.5) is 4.79 Å². The summed E-state index contributed by atoms with van der Waals surface area (Å²) in [6.45, 7) is 7.80. The van der Waals surface area contributed by atoms with E-state index in [4.69, 9.17) is 9.72 Å². The van der Waals surface area contributed by atoms with Crippen molar-refractivity contribution in [2.75, 3.05) is 13.1 Å². The van der Waals surface area contributed by atoms with Crippen molar-refractivity contribution < 1.29 is 14.3 Å². The Labute approximate surface area is 218 Å². The third kappa shape index (κ3) is 5.26. The number of fused-ring (bicyclic) bond motifs is 1. The van der Waals surface area contributed by atoms with E-state index >= 15 is 0 Å². The van der Waals surface area contributed by atoms with Crippen LogP contribution in [0.1, 0.15) is 55.9 Å². The van der Waals surface area contributed by atoms with Crippen LogP contribution >= 0.6 is 0 Å². The number of hydrogen-bond acceptors (Lipinski definition) is 4.